The van der Waals surface area contributed by atoms with E-state index in [0.717, 1.165) is 31.3 Å². The monoisotopic (exact) mass is 481 g/mol. The Bertz CT molecular complexity index is 1170. The van der Waals surface area contributed by atoms with Crippen LogP contribution in [0.25, 0.3) is 5.65 Å². The molecule has 1 unspecified atom stereocenters. The fourth-order valence-corrected chi connectivity index (χ4v) is 4.38. The molecule has 3 aromatic rings. The van der Waals surface area contributed by atoms with Gasteiger partial charge in [-0.15, -0.1) is 0 Å². The molecule has 1 aliphatic rings. The first-order chi connectivity index (χ1) is 15.6. The summed E-state index contributed by atoms with van der Waals surface area (Å²) < 4.78 is 43.3. The number of rotatable bonds is 5. The SMILES string of the molecule is CCC(O)C(=O)N(C)[C@@H](c1ccc(N2CCCc3c2cnc2cc(Cl)nn32)cc1)C(F)(F)F. The van der Waals surface area contributed by atoms with E-state index in [1.807, 2.05) is 4.90 Å². The molecule has 0 radical (unpaired) electrons. The van der Waals surface area contributed by atoms with E-state index in [-0.39, 0.29) is 12.0 Å². The number of halogens is 4. The second-order valence-electron chi connectivity index (χ2n) is 7.99. The molecule has 33 heavy (non-hydrogen) atoms. The predicted molar refractivity (Wildman–Crippen MR) is 118 cm³/mol. The molecule has 0 saturated heterocycles. The van der Waals surface area contributed by atoms with Gasteiger partial charge in [0, 0.05) is 25.3 Å². The van der Waals surface area contributed by atoms with Gasteiger partial charge in [-0.1, -0.05) is 30.7 Å². The summed E-state index contributed by atoms with van der Waals surface area (Å²) >= 11 is 6.02. The number of hydrogen-bond acceptors (Lipinski definition) is 5. The minimum absolute atomic E-state index is 0.0316. The van der Waals surface area contributed by atoms with Crippen LogP contribution in [0, 0.1) is 0 Å². The molecule has 11 heteroatoms. The summed E-state index contributed by atoms with van der Waals surface area (Å²) in [5.41, 5.74) is 2.98. The first-order valence-electron chi connectivity index (χ1n) is 10.5. The number of hydrogen-bond donors (Lipinski definition) is 1. The van der Waals surface area contributed by atoms with Crippen molar-refractivity contribution in [3.05, 3.63) is 52.9 Å². The van der Waals surface area contributed by atoms with Crippen LogP contribution >= 0.6 is 11.6 Å². The molecule has 2 atom stereocenters. The number of aromatic nitrogens is 3. The van der Waals surface area contributed by atoms with E-state index >= 15 is 0 Å². The number of carbonyl (C=O) groups excluding carboxylic acids is 1. The van der Waals surface area contributed by atoms with E-state index in [1.165, 1.54) is 19.1 Å². The predicted octanol–water partition coefficient (Wildman–Crippen LogP) is 4.30. The Labute approximate surface area is 193 Å². The average molecular weight is 482 g/mol. The van der Waals surface area contributed by atoms with Crippen molar-refractivity contribution in [1.29, 1.82) is 0 Å². The van der Waals surface area contributed by atoms with Crippen molar-refractivity contribution in [3.8, 4) is 0 Å². The van der Waals surface area contributed by atoms with Crippen LogP contribution in [0.1, 0.15) is 37.1 Å². The fraction of sp³-hybridized carbons (Fsp3) is 0.409. The Morgan fingerprint density at radius 3 is 2.64 bits per heavy atom. The molecule has 4 rings (SSSR count). The summed E-state index contributed by atoms with van der Waals surface area (Å²) in [6, 6.07) is 5.42. The molecule has 1 N–H and O–H groups in total. The summed E-state index contributed by atoms with van der Waals surface area (Å²) in [5, 5.41) is 14.4. The number of benzene rings is 1. The van der Waals surface area contributed by atoms with Crippen molar-refractivity contribution >= 4 is 34.5 Å². The van der Waals surface area contributed by atoms with Gasteiger partial charge in [0.1, 0.15) is 6.10 Å². The summed E-state index contributed by atoms with van der Waals surface area (Å²) in [7, 11) is 1.06. The number of carbonyl (C=O) groups is 1. The Morgan fingerprint density at radius 2 is 2.00 bits per heavy atom. The van der Waals surface area contributed by atoms with Crippen LogP contribution in [-0.4, -0.2) is 56.4 Å². The molecule has 176 valence electrons. The minimum Gasteiger partial charge on any atom is -0.383 e. The van der Waals surface area contributed by atoms with Gasteiger partial charge in [0.05, 0.1) is 17.6 Å². The first kappa shape index (κ1) is 23.3. The lowest BCUT2D eigenvalue weighted by Gasteiger charge is -2.33. The smallest absolute Gasteiger partial charge is 0.383 e. The highest BCUT2D eigenvalue weighted by molar-refractivity contribution is 6.29. The number of nitrogens with zero attached hydrogens (tertiary/aromatic N) is 5. The zero-order valence-corrected chi connectivity index (χ0v) is 18.8. The quantitative estimate of drug-likeness (QED) is 0.588. The molecule has 0 fully saturated rings. The topological polar surface area (TPSA) is 74.0 Å². The van der Waals surface area contributed by atoms with Crippen molar-refractivity contribution in [3.63, 3.8) is 0 Å². The number of aliphatic hydroxyl groups is 1. The van der Waals surface area contributed by atoms with E-state index in [2.05, 4.69) is 10.1 Å². The van der Waals surface area contributed by atoms with Gasteiger partial charge in [-0.25, -0.2) is 9.50 Å². The van der Waals surface area contributed by atoms with Crippen LogP contribution in [0.5, 0.6) is 0 Å². The van der Waals surface area contributed by atoms with Crippen molar-refractivity contribution in [2.45, 2.75) is 44.5 Å². The van der Waals surface area contributed by atoms with E-state index in [0.29, 0.717) is 27.9 Å². The standard InChI is InChI=1S/C22H23ClF3N5O2/c1-3-17(32)21(33)29(2)20(22(24,25)26)13-6-8-14(9-7-13)30-10-4-5-15-16(30)12-27-19-11-18(23)28-31(15)19/h6-9,11-12,17,20,32H,3-5,10H2,1-2H3/t17?,20-/m0/s1. The van der Waals surface area contributed by atoms with Gasteiger partial charge in [-0.05, 0) is 37.0 Å². The molecule has 1 aliphatic heterocycles. The maximum atomic E-state index is 13.9. The van der Waals surface area contributed by atoms with Crippen molar-refractivity contribution in [2.75, 3.05) is 18.5 Å². The van der Waals surface area contributed by atoms with Gasteiger partial charge in [0.2, 0.25) is 0 Å². The number of anilines is 2. The van der Waals surface area contributed by atoms with E-state index in [9.17, 15) is 23.1 Å². The number of likely N-dealkylation sites (N-methyl/N-ethyl adjacent to an activating group) is 1. The third kappa shape index (κ3) is 4.37. The van der Waals surface area contributed by atoms with Crippen molar-refractivity contribution in [2.24, 2.45) is 0 Å². The number of fused-ring (bicyclic) bond motifs is 3. The van der Waals surface area contributed by atoms with Gasteiger partial charge in [-0.3, -0.25) is 4.79 Å². The molecule has 0 bridgehead atoms. The zero-order chi connectivity index (χ0) is 23.9. The van der Waals surface area contributed by atoms with Crippen molar-refractivity contribution in [1.82, 2.24) is 19.5 Å². The zero-order valence-electron chi connectivity index (χ0n) is 18.1. The lowest BCUT2D eigenvalue weighted by Crippen LogP contribution is -2.44. The van der Waals surface area contributed by atoms with Crippen LogP contribution in [0.4, 0.5) is 24.5 Å². The molecule has 7 nitrogen and oxygen atoms in total. The molecule has 0 aliphatic carbocycles. The Morgan fingerprint density at radius 1 is 1.30 bits per heavy atom. The maximum Gasteiger partial charge on any atom is 0.413 e. The van der Waals surface area contributed by atoms with Gasteiger partial charge in [0.25, 0.3) is 5.91 Å². The van der Waals surface area contributed by atoms with E-state index in [4.69, 9.17) is 11.6 Å². The fourth-order valence-electron chi connectivity index (χ4n) is 4.20. The molecular weight excluding hydrogens is 459 g/mol. The molecule has 2 aromatic heterocycles. The lowest BCUT2D eigenvalue weighted by molar-refractivity contribution is -0.192. The third-order valence-electron chi connectivity index (χ3n) is 5.85. The van der Waals surface area contributed by atoms with Gasteiger partial charge in [-0.2, -0.15) is 18.3 Å². The van der Waals surface area contributed by atoms with E-state index < -0.39 is 24.2 Å². The van der Waals surface area contributed by atoms with Gasteiger partial charge < -0.3 is 14.9 Å². The minimum atomic E-state index is -4.70. The Kier molecular flexibility index (Phi) is 6.24. The lowest BCUT2D eigenvalue weighted by atomic mass is 10.0. The average Bonchev–Trinajstić information content (AvgIpc) is 3.18. The molecule has 0 saturated carbocycles. The second-order valence-corrected chi connectivity index (χ2v) is 8.38. The number of amides is 1. The first-order valence-corrected chi connectivity index (χ1v) is 10.9. The second kappa shape index (κ2) is 8.83. The van der Waals surface area contributed by atoms with Crippen LogP contribution < -0.4 is 4.90 Å². The van der Waals surface area contributed by atoms with Crippen LogP contribution in [0.15, 0.2) is 36.5 Å². The highest BCUT2D eigenvalue weighted by Gasteiger charge is 2.46. The number of aliphatic hydroxyl groups excluding tert-OH is 1. The maximum absolute atomic E-state index is 13.9. The van der Waals surface area contributed by atoms with Gasteiger partial charge >= 0.3 is 6.18 Å². The molecule has 1 aromatic carbocycles. The summed E-state index contributed by atoms with van der Waals surface area (Å²) in [5.74, 6) is -0.971. The third-order valence-corrected chi connectivity index (χ3v) is 6.04. The van der Waals surface area contributed by atoms with Gasteiger partial charge in [0.15, 0.2) is 16.8 Å². The van der Waals surface area contributed by atoms with Crippen LogP contribution in [0.2, 0.25) is 5.15 Å². The normalized spacial score (nSPS) is 15.9. The highest BCUT2D eigenvalue weighted by Crippen LogP contribution is 2.39. The van der Waals surface area contributed by atoms with Crippen LogP contribution in [0.3, 0.4) is 0 Å². The van der Waals surface area contributed by atoms with Crippen molar-refractivity contribution < 1.29 is 23.1 Å². The summed E-state index contributed by atoms with van der Waals surface area (Å²) in [6.07, 6.45) is -2.85. The van der Waals surface area contributed by atoms with E-state index in [1.54, 1.807) is 28.9 Å². The molecular formula is C22H23ClF3N5O2. The largest absolute Gasteiger partial charge is 0.413 e. The molecule has 0 spiro atoms. The molecule has 1 amide bonds. The highest BCUT2D eigenvalue weighted by atomic mass is 35.5. The Hall–Kier alpha value is -2.85. The van der Waals surface area contributed by atoms with Crippen LogP contribution in [-0.2, 0) is 11.2 Å². The summed E-state index contributed by atoms with van der Waals surface area (Å²) in [6.45, 7) is 2.20. The summed E-state index contributed by atoms with van der Waals surface area (Å²) in [4.78, 5) is 19.2. The number of alkyl halides is 3. The molecule has 3 heterocycles. The number of aryl methyl sites for hydroxylation is 1. The Balaban J connectivity index is 1.67.